The molecule has 0 aliphatic heterocycles. The van der Waals surface area contributed by atoms with Gasteiger partial charge < -0.3 is 19.5 Å². The number of hydrogen-bond donors (Lipinski definition) is 1. The van der Waals surface area contributed by atoms with Gasteiger partial charge in [0.25, 0.3) is 5.91 Å². The van der Waals surface area contributed by atoms with Crippen molar-refractivity contribution in [2.24, 2.45) is 0 Å². The van der Waals surface area contributed by atoms with Crippen molar-refractivity contribution in [3.63, 3.8) is 0 Å². The number of methoxy groups -OCH3 is 1. The Labute approximate surface area is 159 Å². The van der Waals surface area contributed by atoms with E-state index < -0.39 is 18.0 Å². The fourth-order valence-electron chi connectivity index (χ4n) is 1.92. The van der Waals surface area contributed by atoms with Crippen LogP contribution in [0.4, 0.5) is 5.69 Å². The number of ether oxygens (including phenoxy) is 3. The van der Waals surface area contributed by atoms with Gasteiger partial charge in [0.1, 0.15) is 11.5 Å². The third-order valence-corrected chi connectivity index (χ3v) is 3.83. The third kappa shape index (κ3) is 6.26. The molecule has 6 nitrogen and oxygen atoms in total. The molecule has 132 valence electrons. The second-order valence-electron chi connectivity index (χ2n) is 5.10. The van der Waals surface area contributed by atoms with E-state index in [1.54, 1.807) is 44.4 Å². The van der Waals surface area contributed by atoms with Gasteiger partial charge in [0.15, 0.2) is 12.7 Å². The van der Waals surface area contributed by atoms with E-state index in [2.05, 4.69) is 27.9 Å². The molecular formula is C18H18INO5. The Morgan fingerprint density at radius 2 is 1.80 bits per heavy atom. The fraction of sp³-hybridized carbons (Fsp3) is 0.222. The zero-order valence-corrected chi connectivity index (χ0v) is 16.0. The summed E-state index contributed by atoms with van der Waals surface area (Å²) < 4.78 is 16.5. The average Bonchev–Trinajstić information content (AvgIpc) is 2.60. The molecule has 0 aliphatic rings. The van der Waals surface area contributed by atoms with Gasteiger partial charge in [0, 0.05) is 9.26 Å². The number of amides is 1. The SMILES string of the molecule is COc1ccc(OC(C)C(=O)OCC(=O)Nc2cccc(I)c2)cc1. The standard InChI is InChI=1S/C18H18INO5/c1-12(25-16-8-6-15(23-2)7-9-16)18(22)24-11-17(21)20-14-5-3-4-13(19)10-14/h3-10,12H,11H2,1-2H3,(H,20,21). The van der Waals surface area contributed by atoms with E-state index >= 15 is 0 Å². The highest BCUT2D eigenvalue weighted by Crippen LogP contribution is 2.18. The van der Waals surface area contributed by atoms with Crippen molar-refractivity contribution in [3.05, 3.63) is 52.1 Å². The van der Waals surface area contributed by atoms with Crippen LogP contribution in [0.1, 0.15) is 6.92 Å². The lowest BCUT2D eigenvalue weighted by atomic mass is 10.3. The Bertz CT molecular complexity index is 733. The number of nitrogens with one attached hydrogen (secondary N) is 1. The van der Waals surface area contributed by atoms with E-state index in [-0.39, 0.29) is 6.61 Å². The van der Waals surface area contributed by atoms with Crippen LogP contribution in [0.2, 0.25) is 0 Å². The van der Waals surface area contributed by atoms with Crippen molar-refractivity contribution < 1.29 is 23.8 Å². The fourth-order valence-corrected chi connectivity index (χ4v) is 2.47. The minimum Gasteiger partial charge on any atom is -0.497 e. The lowest BCUT2D eigenvalue weighted by molar-refractivity contribution is -0.153. The van der Waals surface area contributed by atoms with Crippen molar-refractivity contribution in [3.8, 4) is 11.5 Å². The van der Waals surface area contributed by atoms with Gasteiger partial charge in [-0.1, -0.05) is 6.07 Å². The van der Waals surface area contributed by atoms with Crippen LogP contribution in [0.25, 0.3) is 0 Å². The first-order valence-corrected chi connectivity index (χ1v) is 8.58. The number of halogens is 1. The second-order valence-corrected chi connectivity index (χ2v) is 6.35. The largest absolute Gasteiger partial charge is 0.497 e. The highest BCUT2D eigenvalue weighted by Gasteiger charge is 2.18. The molecule has 0 aromatic heterocycles. The molecule has 0 saturated heterocycles. The van der Waals surface area contributed by atoms with Crippen molar-refractivity contribution in [1.82, 2.24) is 0 Å². The topological polar surface area (TPSA) is 73.9 Å². The van der Waals surface area contributed by atoms with Gasteiger partial charge in [-0.3, -0.25) is 4.79 Å². The van der Waals surface area contributed by atoms with Crippen molar-refractivity contribution in [2.45, 2.75) is 13.0 Å². The van der Waals surface area contributed by atoms with E-state index in [0.29, 0.717) is 17.2 Å². The molecule has 2 aromatic carbocycles. The zero-order chi connectivity index (χ0) is 18.2. The first kappa shape index (κ1) is 19.0. The Balaban J connectivity index is 1.79. The summed E-state index contributed by atoms with van der Waals surface area (Å²) >= 11 is 2.15. The van der Waals surface area contributed by atoms with E-state index in [4.69, 9.17) is 14.2 Å². The molecule has 2 rings (SSSR count). The molecule has 1 unspecified atom stereocenters. The molecule has 2 aromatic rings. The molecule has 0 radical (unpaired) electrons. The molecule has 25 heavy (non-hydrogen) atoms. The van der Waals surface area contributed by atoms with E-state index in [1.165, 1.54) is 0 Å². The van der Waals surface area contributed by atoms with Gasteiger partial charge >= 0.3 is 5.97 Å². The predicted octanol–water partition coefficient (Wildman–Crippen LogP) is 3.25. The normalized spacial score (nSPS) is 11.3. The number of hydrogen-bond acceptors (Lipinski definition) is 5. The highest BCUT2D eigenvalue weighted by molar-refractivity contribution is 14.1. The van der Waals surface area contributed by atoms with Crippen LogP contribution in [-0.2, 0) is 14.3 Å². The molecule has 1 N–H and O–H groups in total. The van der Waals surface area contributed by atoms with Gasteiger partial charge in [-0.25, -0.2) is 4.79 Å². The summed E-state index contributed by atoms with van der Waals surface area (Å²) in [6.07, 6.45) is -0.834. The molecule has 0 saturated carbocycles. The van der Waals surface area contributed by atoms with Crippen LogP contribution in [0.5, 0.6) is 11.5 Å². The van der Waals surface area contributed by atoms with Crippen molar-refractivity contribution >= 4 is 40.2 Å². The summed E-state index contributed by atoms with van der Waals surface area (Å²) in [5.41, 5.74) is 0.649. The lowest BCUT2D eigenvalue weighted by Gasteiger charge is -2.14. The van der Waals surface area contributed by atoms with Gasteiger partial charge in [-0.2, -0.15) is 0 Å². The molecule has 0 spiro atoms. The third-order valence-electron chi connectivity index (χ3n) is 3.16. The molecule has 1 amide bonds. The van der Waals surface area contributed by atoms with Crippen molar-refractivity contribution in [2.75, 3.05) is 19.0 Å². The quantitative estimate of drug-likeness (QED) is 0.513. The minimum absolute atomic E-state index is 0.374. The van der Waals surface area contributed by atoms with Crippen LogP contribution >= 0.6 is 22.6 Å². The number of benzene rings is 2. The Kier molecular flexibility index (Phi) is 7.05. The van der Waals surface area contributed by atoms with Crippen LogP contribution < -0.4 is 14.8 Å². The lowest BCUT2D eigenvalue weighted by Crippen LogP contribution is -2.29. The van der Waals surface area contributed by atoms with Gasteiger partial charge in [0.2, 0.25) is 0 Å². The van der Waals surface area contributed by atoms with Crippen LogP contribution in [0.15, 0.2) is 48.5 Å². The van der Waals surface area contributed by atoms with Gasteiger partial charge in [0.05, 0.1) is 7.11 Å². The first-order chi connectivity index (χ1) is 12.0. The second kappa shape index (κ2) is 9.26. The Hall–Kier alpha value is -2.29. The van der Waals surface area contributed by atoms with Gasteiger partial charge in [-0.15, -0.1) is 0 Å². The number of rotatable bonds is 7. The molecule has 0 fully saturated rings. The summed E-state index contributed by atoms with van der Waals surface area (Å²) in [5.74, 6) is 0.170. The van der Waals surface area contributed by atoms with E-state index in [0.717, 1.165) is 3.57 Å². The summed E-state index contributed by atoms with van der Waals surface area (Å²) in [5, 5.41) is 2.66. The van der Waals surface area contributed by atoms with Crippen LogP contribution in [0, 0.1) is 3.57 Å². The molecule has 7 heteroatoms. The monoisotopic (exact) mass is 455 g/mol. The Morgan fingerprint density at radius 3 is 2.44 bits per heavy atom. The summed E-state index contributed by atoms with van der Waals surface area (Å²) in [6, 6.07) is 14.1. The van der Waals surface area contributed by atoms with Crippen LogP contribution in [-0.4, -0.2) is 31.7 Å². The minimum atomic E-state index is -0.834. The average molecular weight is 455 g/mol. The smallest absolute Gasteiger partial charge is 0.347 e. The summed E-state index contributed by atoms with van der Waals surface area (Å²) in [7, 11) is 1.57. The number of carbonyl (C=O) groups is 2. The predicted molar refractivity (Wildman–Crippen MR) is 102 cm³/mol. The zero-order valence-electron chi connectivity index (χ0n) is 13.8. The number of esters is 1. The summed E-state index contributed by atoms with van der Waals surface area (Å²) in [6.45, 7) is 1.19. The molecule has 0 aliphatic carbocycles. The Morgan fingerprint density at radius 1 is 1.12 bits per heavy atom. The number of carbonyl (C=O) groups excluding carboxylic acids is 2. The summed E-state index contributed by atoms with van der Waals surface area (Å²) in [4.78, 5) is 23.8. The molecule has 0 heterocycles. The maximum absolute atomic E-state index is 11.9. The van der Waals surface area contributed by atoms with E-state index in [1.807, 2.05) is 18.2 Å². The molecule has 1 atom stereocenters. The number of anilines is 1. The maximum atomic E-state index is 11.9. The highest BCUT2D eigenvalue weighted by atomic mass is 127. The molecule has 0 bridgehead atoms. The van der Waals surface area contributed by atoms with Crippen LogP contribution in [0.3, 0.4) is 0 Å². The van der Waals surface area contributed by atoms with Gasteiger partial charge in [-0.05, 0) is 72.0 Å². The maximum Gasteiger partial charge on any atom is 0.347 e. The van der Waals surface area contributed by atoms with E-state index in [9.17, 15) is 9.59 Å². The van der Waals surface area contributed by atoms with Crippen molar-refractivity contribution in [1.29, 1.82) is 0 Å². The first-order valence-electron chi connectivity index (χ1n) is 7.50. The molecular weight excluding hydrogens is 437 g/mol.